The second kappa shape index (κ2) is 7.86. The predicted octanol–water partition coefficient (Wildman–Crippen LogP) is 4.50. The van der Waals surface area contributed by atoms with Crippen molar-refractivity contribution in [1.29, 1.82) is 0 Å². The van der Waals surface area contributed by atoms with Crippen LogP contribution < -0.4 is 10.9 Å². The van der Waals surface area contributed by atoms with Crippen LogP contribution in [0.4, 0.5) is 0 Å². The number of benzene rings is 1. The van der Waals surface area contributed by atoms with E-state index in [1.807, 2.05) is 17.5 Å². The molecule has 8 heteroatoms. The highest BCUT2D eigenvalue weighted by atomic mass is 35.5. The lowest BCUT2D eigenvalue weighted by Gasteiger charge is -2.10. The highest BCUT2D eigenvalue weighted by molar-refractivity contribution is 7.13. The Morgan fingerprint density at radius 1 is 1.00 bits per heavy atom. The number of rotatable bonds is 3. The number of carbonyl (C=O) groups is 2. The Bertz CT molecular complexity index is 975. The van der Waals surface area contributed by atoms with Gasteiger partial charge in [0.1, 0.15) is 0 Å². The van der Waals surface area contributed by atoms with Gasteiger partial charge in [0.15, 0.2) is 0 Å². The third kappa shape index (κ3) is 4.04. The number of thiophene rings is 1. The van der Waals surface area contributed by atoms with E-state index in [-0.39, 0.29) is 10.6 Å². The molecule has 0 unspecified atom stereocenters. The van der Waals surface area contributed by atoms with E-state index in [2.05, 4.69) is 15.8 Å². The summed E-state index contributed by atoms with van der Waals surface area (Å²) in [6, 6.07) is 11.8. The van der Waals surface area contributed by atoms with E-state index >= 15 is 0 Å². The van der Waals surface area contributed by atoms with Gasteiger partial charge >= 0.3 is 0 Å². The van der Waals surface area contributed by atoms with Crippen LogP contribution in [0.15, 0.2) is 47.8 Å². The van der Waals surface area contributed by atoms with E-state index < -0.39 is 11.8 Å². The van der Waals surface area contributed by atoms with E-state index in [0.29, 0.717) is 16.3 Å². The minimum Gasteiger partial charge on any atom is -0.267 e. The van der Waals surface area contributed by atoms with Crippen molar-refractivity contribution in [3.05, 3.63) is 74.7 Å². The summed E-state index contributed by atoms with van der Waals surface area (Å²) in [6.07, 6.45) is 0. The highest BCUT2D eigenvalue weighted by Gasteiger charge is 2.15. The molecule has 2 heterocycles. The van der Waals surface area contributed by atoms with Crippen LogP contribution in [0.2, 0.25) is 10.0 Å². The van der Waals surface area contributed by atoms with Crippen molar-refractivity contribution in [2.24, 2.45) is 0 Å². The van der Waals surface area contributed by atoms with E-state index in [9.17, 15) is 9.59 Å². The van der Waals surface area contributed by atoms with E-state index in [0.717, 1.165) is 10.6 Å². The fourth-order valence-electron chi connectivity index (χ4n) is 2.28. The molecule has 0 radical (unpaired) electrons. The lowest BCUT2D eigenvalue weighted by molar-refractivity contribution is 0.0846. The molecule has 2 N–H and O–H groups in total. The number of carbonyl (C=O) groups excluding carboxylic acids is 2. The van der Waals surface area contributed by atoms with Crippen LogP contribution >= 0.6 is 34.5 Å². The Balaban J connectivity index is 1.70. The number of aromatic nitrogens is 1. The maximum Gasteiger partial charge on any atom is 0.271 e. The lowest BCUT2D eigenvalue weighted by Crippen LogP contribution is -2.42. The summed E-state index contributed by atoms with van der Waals surface area (Å²) in [5.41, 5.74) is 6.58. The fraction of sp³-hybridized carbons (Fsp3) is 0.0556. The standard InChI is InChI=1S/C18H13Cl2N3O2S/c1-10-12(5-7-15(21-10)16-3-2-8-26-16)17(24)22-23-18(25)13-9-11(19)4-6-14(13)20/h2-9H,1H3,(H,22,24)(H,23,25). The number of hydrogen-bond donors (Lipinski definition) is 2. The maximum atomic E-state index is 12.3. The van der Waals surface area contributed by atoms with Gasteiger partial charge in [-0.15, -0.1) is 11.3 Å². The van der Waals surface area contributed by atoms with Crippen LogP contribution in [-0.2, 0) is 0 Å². The maximum absolute atomic E-state index is 12.3. The smallest absolute Gasteiger partial charge is 0.267 e. The Labute approximate surface area is 163 Å². The van der Waals surface area contributed by atoms with Crippen molar-refractivity contribution >= 4 is 46.4 Å². The fourth-order valence-corrected chi connectivity index (χ4v) is 3.35. The summed E-state index contributed by atoms with van der Waals surface area (Å²) in [5.74, 6) is -1.04. The molecule has 132 valence electrons. The van der Waals surface area contributed by atoms with Crippen molar-refractivity contribution in [1.82, 2.24) is 15.8 Å². The summed E-state index contributed by atoms with van der Waals surface area (Å²) in [5, 5.41) is 2.57. The summed E-state index contributed by atoms with van der Waals surface area (Å²) in [7, 11) is 0. The monoisotopic (exact) mass is 405 g/mol. The molecule has 3 aromatic rings. The van der Waals surface area contributed by atoms with Crippen molar-refractivity contribution < 1.29 is 9.59 Å². The number of aryl methyl sites for hydroxylation is 1. The van der Waals surface area contributed by atoms with E-state index in [1.165, 1.54) is 12.1 Å². The van der Waals surface area contributed by atoms with Crippen LogP contribution in [0.5, 0.6) is 0 Å². The van der Waals surface area contributed by atoms with Crippen LogP contribution in [0, 0.1) is 6.92 Å². The number of hydrazine groups is 1. The second-order valence-corrected chi connectivity index (χ2v) is 7.13. The first-order valence-corrected chi connectivity index (χ1v) is 9.16. The number of halogens is 2. The molecule has 0 saturated heterocycles. The van der Waals surface area contributed by atoms with Crippen LogP contribution in [-0.4, -0.2) is 16.8 Å². The SMILES string of the molecule is Cc1nc(-c2cccs2)ccc1C(=O)NNC(=O)c1cc(Cl)ccc1Cl. The van der Waals surface area contributed by atoms with Gasteiger partial charge in [-0.25, -0.2) is 0 Å². The van der Waals surface area contributed by atoms with Crippen LogP contribution in [0.25, 0.3) is 10.6 Å². The van der Waals surface area contributed by atoms with Gasteiger partial charge < -0.3 is 0 Å². The first-order chi connectivity index (χ1) is 12.5. The summed E-state index contributed by atoms with van der Waals surface area (Å²) >= 11 is 13.4. The first-order valence-electron chi connectivity index (χ1n) is 7.53. The van der Waals surface area contributed by atoms with Gasteiger partial charge in [0.05, 0.1) is 32.4 Å². The van der Waals surface area contributed by atoms with E-state index in [4.69, 9.17) is 23.2 Å². The predicted molar refractivity (Wildman–Crippen MR) is 104 cm³/mol. The third-order valence-electron chi connectivity index (χ3n) is 3.57. The molecule has 2 aromatic heterocycles. The molecule has 0 bridgehead atoms. The van der Waals surface area contributed by atoms with Gasteiger partial charge in [-0.2, -0.15) is 0 Å². The van der Waals surface area contributed by atoms with Crippen LogP contribution in [0.3, 0.4) is 0 Å². The Hall–Kier alpha value is -2.41. The zero-order chi connectivity index (χ0) is 18.7. The van der Waals surface area contributed by atoms with Gasteiger partial charge in [0.25, 0.3) is 11.8 Å². The minimum absolute atomic E-state index is 0.169. The number of nitrogens with one attached hydrogen (secondary N) is 2. The molecule has 0 saturated carbocycles. The van der Waals surface area contributed by atoms with Gasteiger partial charge in [-0.3, -0.25) is 25.4 Å². The molecule has 1 aromatic carbocycles. The van der Waals surface area contributed by atoms with Crippen molar-refractivity contribution in [3.63, 3.8) is 0 Å². The number of amides is 2. The number of pyridine rings is 1. The molecule has 0 fully saturated rings. The molecular weight excluding hydrogens is 393 g/mol. The normalized spacial score (nSPS) is 10.4. The summed E-state index contributed by atoms with van der Waals surface area (Å²) in [4.78, 5) is 30.0. The Kier molecular flexibility index (Phi) is 5.56. The van der Waals surface area contributed by atoms with Crippen molar-refractivity contribution in [3.8, 4) is 10.6 Å². The van der Waals surface area contributed by atoms with E-state index in [1.54, 1.807) is 36.5 Å². The van der Waals surface area contributed by atoms with Gasteiger partial charge in [-0.05, 0) is 48.7 Å². The molecule has 0 aliphatic rings. The number of nitrogens with zero attached hydrogens (tertiary/aromatic N) is 1. The van der Waals surface area contributed by atoms with Gasteiger partial charge in [-0.1, -0.05) is 29.3 Å². The highest BCUT2D eigenvalue weighted by Crippen LogP contribution is 2.24. The topological polar surface area (TPSA) is 71.1 Å². The lowest BCUT2D eigenvalue weighted by atomic mass is 10.1. The molecular formula is C18H13Cl2N3O2S. The van der Waals surface area contributed by atoms with Gasteiger partial charge in [0, 0.05) is 5.02 Å². The Morgan fingerprint density at radius 2 is 1.73 bits per heavy atom. The largest absolute Gasteiger partial charge is 0.271 e. The summed E-state index contributed by atoms with van der Waals surface area (Å²) in [6.45, 7) is 1.74. The Morgan fingerprint density at radius 3 is 2.38 bits per heavy atom. The van der Waals surface area contributed by atoms with Crippen molar-refractivity contribution in [2.75, 3.05) is 0 Å². The average Bonchev–Trinajstić information content (AvgIpc) is 3.16. The van der Waals surface area contributed by atoms with Gasteiger partial charge in [0.2, 0.25) is 0 Å². The molecule has 0 spiro atoms. The number of hydrogen-bond acceptors (Lipinski definition) is 4. The van der Waals surface area contributed by atoms with Crippen molar-refractivity contribution in [2.45, 2.75) is 6.92 Å². The third-order valence-corrected chi connectivity index (χ3v) is 5.02. The second-order valence-electron chi connectivity index (χ2n) is 5.34. The first kappa shape index (κ1) is 18.4. The zero-order valence-electron chi connectivity index (χ0n) is 13.5. The average molecular weight is 406 g/mol. The molecule has 0 aliphatic heterocycles. The quantitative estimate of drug-likeness (QED) is 0.630. The molecule has 2 amide bonds. The molecule has 5 nitrogen and oxygen atoms in total. The van der Waals surface area contributed by atoms with Crippen LogP contribution in [0.1, 0.15) is 26.4 Å². The molecule has 3 rings (SSSR count). The minimum atomic E-state index is -0.563. The zero-order valence-corrected chi connectivity index (χ0v) is 15.9. The molecule has 0 atom stereocenters. The summed E-state index contributed by atoms with van der Waals surface area (Å²) < 4.78 is 0. The molecule has 0 aliphatic carbocycles. The molecule has 26 heavy (non-hydrogen) atoms.